The number of nitrogens with zero attached hydrogens (tertiary/aromatic N) is 3. The van der Waals surface area contributed by atoms with Gasteiger partial charge in [0.15, 0.2) is 0 Å². The second-order valence-electron chi connectivity index (χ2n) is 5.16. The first-order valence-electron chi connectivity index (χ1n) is 7.16. The Bertz CT molecular complexity index is 634. The molecule has 3 rings (SSSR count). The molecule has 1 fully saturated rings. The van der Waals surface area contributed by atoms with E-state index in [0.29, 0.717) is 4.88 Å². The van der Waals surface area contributed by atoms with Gasteiger partial charge in [0.1, 0.15) is 4.88 Å². The van der Waals surface area contributed by atoms with Gasteiger partial charge in [-0.15, -0.1) is 11.3 Å². The highest BCUT2D eigenvalue weighted by molar-refractivity contribution is 7.12. The van der Waals surface area contributed by atoms with Crippen LogP contribution in [0.15, 0.2) is 24.0 Å². The molecule has 0 aromatic carbocycles. The van der Waals surface area contributed by atoms with E-state index in [9.17, 15) is 4.79 Å². The van der Waals surface area contributed by atoms with E-state index in [4.69, 9.17) is 0 Å². The summed E-state index contributed by atoms with van der Waals surface area (Å²) in [6.07, 6.45) is 7.17. The van der Waals surface area contributed by atoms with Crippen LogP contribution < -0.4 is 10.2 Å². The maximum atomic E-state index is 12.3. The number of aryl methyl sites for hydroxylation is 1. The minimum Gasteiger partial charge on any atom is -0.370 e. The van der Waals surface area contributed by atoms with Gasteiger partial charge in [0.05, 0.1) is 28.8 Å². The van der Waals surface area contributed by atoms with Crippen LogP contribution >= 0.6 is 11.3 Å². The molecule has 110 valence electrons. The van der Waals surface area contributed by atoms with Crippen molar-refractivity contribution in [2.45, 2.75) is 26.2 Å². The number of pyridine rings is 1. The lowest BCUT2D eigenvalue weighted by Crippen LogP contribution is -2.30. The Hall–Kier alpha value is -1.95. The fraction of sp³-hybridized carbons (Fsp3) is 0.400. The van der Waals surface area contributed by atoms with E-state index in [0.717, 1.165) is 30.2 Å². The molecule has 0 spiro atoms. The van der Waals surface area contributed by atoms with Crippen molar-refractivity contribution in [2.24, 2.45) is 0 Å². The first-order chi connectivity index (χ1) is 10.3. The summed E-state index contributed by atoms with van der Waals surface area (Å²) in [5.41, 5.74) is 4.29. The third kappa shape index (κ3) is 3.05. The van der Waals surface area contributed by atoms with E-state index in [2.05, 4.69) is 20.2 Å². The van der Waals surface area contributed by atoms with Crippen LogP contribution in [0.2, 0.25) is 0 Å². The Morgan fingerprint density at radius 1 is 1.33 bits per heavy atom. The molecule has 2 aromatic rings. The standard InChI is InChI=1S/C15H18N4OS/c1-11-14(21-10-17-11)15(20)18-12-9-16-6-5-13(12)19-7-3-2-4-8-19/h5-6,9-10H,2-4,7-8H2,1H3,(H,18,20). The third-order valence-corrected chi connectivity index (χ3v) is 4.62. The minimum absolute atomic E-state index is 0.110. The zero-order valence-electron chi connectivity index (χ0n) is 12.0. The molecule has 3 heterocycles. The Labute approximate surface area is 128 Å². The van der Waals surface area contributed by atoms with Crippen LogP contribution in [0.3, 0.4) is 0 Å². The van der Waals surface area contributed by atoms with Crippen molar-refractivity contribution in [3.8, 4) is 0 Å². The summed E-state index contributed by atoms with van der Waals surface area (Å²) in [7, 11) is 0. The fourth-order valence-electron chi connectivity index (χ4n) is 2.59. The molecule has 5 nitrogen and oxygen atoms in total. The molecule has 0 radical (unpaired) electrons. The average Bonchev–Trinajstić information content (AvgIpc) is 2.95. The molecule has 6 heteroatoms. The quantitative estimate of drug-likeness (QED) is 0.946. The van der Waals surface area contributed by atoms with Gasteiger partial charge in [-0.05, 0) is 32.3 Å². The number of thiazole rings is 1. The Balaban J connectivity index is 1.82. The number of anilines is 2. The van der Waals surface area contributed by atoms with Crippen LogP contribution in [0.25, 0.3) is 0 Å². The molecule has 21 heavy (non-hydrogen) atoms. The average molecular weight is 302 g/mol. The van der Waals surface area contributed by atoms with Gasteiger partial charge in [0.2, 0.25) is 0 Å². The largest absolute Gasteiger partial charge is 0.370 e. The van der Waals surface area contributed by atoms with E-state index >= 15 is 0 Å². The second kappa shape index (κ2) is 6.22. The van der Waals surface area contributed by atoms with Crippen molar-refractivity contribution in [2.75, 3.05) is 23.3 Å². The van der Waals surface area contributed by atoms with Gasteiger partial charge in [-0.2, -0.15) is 0 Å². The number of carbonyl (C=O) groups is 1. The maximum Gasteiger partial charge on any atom is 0.267 e. The van der Waals surface area contributed by atoms with Crippen LogP contribution in [0.5, 0.6) is 0 Å². The van der Waals surface area contributed by atoms with Gasteiger partial charge in [0.25, 0.3) is 5.91 Å². The smallest absolute Gasteiger partial charge is 0.267 e. The van der Waals surface area contributed by atoms with Crippen molar-refractivity contribution in [3.05, 3.63) is 34.5 Å². The Morgan fingerprint density at radius 3 is 2.86 bits per heavy atom. The van der Waals surface area contributed by atoms with Crippen molar-refractivity contribution < 1.29 is 4.79 Å². The molecule has 1 aliphatic rings. The molecular formula is C15H18N4OS. The first-order valence-corrected chi connectivity index (χ1v) is 8.04. The van der Waals surface area contributed by atoms with Crippen LogP contribution in [0, 0.1) is 6.92 Å². The molecule has 0 bridgehead atoms. The van der Waals surface area contributed by atoms with Gasteiger partial charge < -0.3 is 10.2 Å². The lowest BCUT2D eigenvalue weighted by Gasteiger charge is -2.30. The lowest BCUT2D eigenvalue weighted by atomic mass is 10.1. The molecule has 0 saturated carbocycles. The Morgan fingerprint density at radius 2 is 2.14 bits per heavy atom. The number of aromatic nitrogens is 2. The summed E-state index contributed by atoms with van der Waals surface area (Å²) < 4.78 is 0. The predicted molar refractivity (Wildman–Crippen MR) is 85.1 cm³/mol. The first kappa shape index (κ1) is 14.0. The summed E-state index contributed by atoms with van der Waals surface area (Å²) in [4.78, 5) is 23.6. The van der Waals surface area contributed by atoms with E-state index in [1.807, 2.05) is 13.0 Å². The molecule has 0 unspecified atom stereocenters. The fourth-order valence-corrected chi connectivity index (χ4v) is 3.29. The highest BCUT2D eigenvalue weighted by Gasteiger charge is 2.18. The van der Waals surface area contributed by atoms with Crippen LogP contribution in [0.1, 0.15) is 34.6 Å². The predicted octanol–water partition coefficient (Wildman–Crippen LogP) is 3.09. The van der Waals surface area contributed by atoms with E-state index in [1.54, 1.807) is 17.9 Å². The third-order valence-electron chi connectivity index (χ3n) is 3.69. The number of carbonyl (C=O) groups excluding carboxylic acids is 1. The van der Waals surface area contributed by atoms with Crippen molar-refractivity contribution in [3.63, 3.8) is 0 Å². The summed E-state index contributed by atoms with van der Waals surface area (Å²) in [6.45, 7) is 3.92. The number of nitrogens with one attached hydrogen (secondary N) is 1. The molecule has 1 aliphatic heterocycles. The van der Waals surface area contributed by atoms with Gasteiger partial charge in [-0.3, -0.25) is 9.78 Å². The summed E-state index contributed by atoms with van der Waals surface area (Å²) in [5, 5.41) is 2.98. The van der Waals surface area contributed by atoms with Crippen LogP contribution in [-0.2, 0) is 0 Å². The van der Waals surface area contributed by atoms with Crippen LogP contribution in [0.4, 0.5) is 11.4 Å². The van der Waals surface area contributed by atoms with Gasteiger partial charge in [-0.1, -0.05) is 0 Å². The number of amides is 1. The topological polar surface area (TPSA) is 58.1 Å². The molecular weight excluding hydrogens is 284 g/mol. The van der Waals surface area contributed by atoms with Crippen molar-refractivity contribution in [1.29, 1.82) is 0 Å². The van der Waals surface area contributed by atoms with E-state index in [1.165, 1.54) is 30.6 Å². The van der Waals surface area contributed by atoms with Gasteiger partial charge in [-0.25, -0.2) is 4.98 Å². The Kier molecular flexibility index (Phi) is 4.15. The summed E-state index contributed by atoms with van der Waals surface area (Å²) in [5.74, 6) is -0.110. The second-order valence-corrected chi connectivity index (χ2v) is 6.02. The zero-order valence-corrected chi connectivity index (χ0v) is 12.8. The van der Waals surface area contributed by atoms with E-state index < -0.39 is 0 Å². The summed E-state index contributed by atoms with van der Waals surface area (Å²) >= 11 is 1.36. The number of rotatable bonds is 3. The maximum absolute atomic E-state index is 12.3. The van der Waals surface area contributed by atoms with Gasteiger partial charge in [0, 0.05) is 19.3 Å². The number of hydrogen-bond donors (Lipinski definition) is 1. The molecule has 1 saturated heterocycles. The molecule has 1 amide bonds. The number of hydrogen-bond acceptors (Lipinski definition) is 5. The number of piperidine rings is 1. The highest BCUT2D eigenvalue weighted by atomic mass is 32.1. The SMILES string of the molecule is Cc1ncsc1C(=O)Nc1cnccc1N1CCCCC1. The zero-order chi connectivity index (χ0) is 14.7. The monoisotopic (exact) mass is 302 g/mol. The minimum atomic E-state index is -0.110. The lowest BCUT2D eigenvalue weighted by molar-refractivity contribution is 0.103. The van der Waals surface area contributed by atoms with Crippen molar-refractivity contribution >= 4 is 28.6 Å². The van der Waals surface area contributed by atoms with E-state index in [-0.39, 0.29) is 5.91 Å². The summed E-state index contributed by atoms with van der Waals surface area (Å²) in [6, 6.07) is 1.97. The highest BCUT2D eigenvalue weighted by Crippen LogP contribution is 2.28. The van der Waals surface area contributed by atoms with Crippen LogP contribution in [-0.4, -0.2) is 29.0 Å². The van der Waals surface area contributed by atoms with Gasteiger partial charge >= 0.3 is 0 Å². The molecule has 2 aromatic heterocycles. The normalized spacial score (nSPS) is 15.0. The molecule has 0 atom stereocenters. The molecule has 0 aliphatic carbocycles. The molecule has 1 N–H and O–H groups in total. The van der Waals surface area contributed by atoms with Crippen molar-refractivity contribution in [1.82, 2.24) is 9.97 Å².